The van der Waals surface area contributed by atoms with E-state index in [1.54, 1.807) is 18.2 Å². The van der Waals surface area contributed by atoms with Crippen molar-refractivity contribution in [3.8, 4) is 17.2 Å². The second-order valence-electron chi connectivity index (χ2n) is 7.13. The molecule has 0 aliphatic carbocycles. The van der Waals surface area contributed by atoms with Crippen LogP contribution in [0.4, 0.5) is 0 Å². The maximum Gasteiger partial charge on any atom is 0.218 e. The Bertz CT molecular complexity index is 862. The van der Waals surface area contributed by atoms with Gasteiger partial charge in [0.25, 0.3) is 0 Å². The average Bonchev–Trinajstić information content (AvgIpc) is 2.82. The van der Waals surface area contributed by atoms with Gasteiger partial charge in [-0.3, -0.25) is 9.59 Å². The van der Waals surface area contributed by atoms with Crippen LogP contribution in [-0.2, 0) is 11.2 Å². The molecule has 0 bridgehead atoms. The second-order valence-corrected chi connectivity index (χ2v) is 7.13. The molecule has 0 amide bonds. The van der Waals surface area contributed by atoms with Gasteiger partial charge < -0.3 is 34.3 Å². The van der Waals surface area contributed by atoms with Gasteiger partial charge in [0.15, 0.2) is 17.3 Å². The van der Waals surface area contributed by atoms with Crippen molar-refractivity contribution < 1.29 is 43.9 Å². The van der Waals surface area contributed by atoms with Crippen molar-refractivity contribution in [2.24, 2.45) is 0 Å². The highest BCUT2D eigenvalue weighted by Gasteiger charge is 2.17. The maximum absolute atomic E-state index is 11.9. The molecule has 0 saturated carbocycles. The Morgan fingerprint density at radius 2 is 1.39 bits per heavy atom. The van der Waals surface area contributed by atoms with Gasteiger partial charge in [-0.2, -0.15) is 0 Å². The number of rotatable bonds is 14. The quantitative estimate of drug-likeness (QED) is 0.218. The molecule has 2 aromatic carbocycles. The van der Waals surface area contributed by atoms with Crippen LogP contribution in [0.5, 0.6) is 17.2 Å². The summed E-state index contributed by atoms with van der Waals surface area (Å²) >= 11 is 0. The van der Waals surface area contributed by atoms with Crippen LogP contribution in [0.3, 0.4) is 0 Å². The lowest BCUT2D eigenvalue weighted by molar-refractivity contribution is -0.0195. The first-order chi connectivity index (χ1) is 15.8. The van der Waals surface area contributed by atoms with Crippen LogP contribution in [0.2, 0.25) is 0 Å². The monoisotopic (exact) mass is 462 g/mol. The Morgan fingerprint density at radius 1 is 0.818 bits per heavy atom. The SMILES string of the molecule is CCc1cc(C(=O)C(C)O)ccc1OCCOCCOc1ccc(C(=O)C(O)O)cc1OC. The number of methoxy groups -OCH3 is 1. The van der Waals surface area contributed by atoms with Gasteiger partial charge in [-0.1, -0.05) is 6.92 Å². The number of carbonyl (C=O) groups excluding carboxylic acids is 2. The van der Waals surface area contributed by atoms with Gasteiger partial charge in [-0.05, 0) is 55.3 Å². The van der Waals surface area contributed by atoms with E-state index in [0.29, 0.717) is 36.7 Å². The Hall–Kier alpha value is -2.98. The number of carbonyl (C=O) groups is 2. The first-order valence-electron chi connectivity index (χ1n) is 10.5. The summed E-state index contributed by atoms with van der Waals surface area (Å²) in [6.07, 6.45) is -2.46. The number of aliphatic hydroxyl groups excluding tert-OH is 2. The van der Waals surface area contributed by atoms with E-state index >= 15 is 0 Å². The summed E-state index contributed by atoms with van der Waals surface area (Å²) in [7, 11) is 1.41. The fourth-order valence-electron chi connectivity index (χ4n) is 3.00. The summed E-state index contributed by atoms with van der Waals surface area (Å²) in [4.78, 5) is 23.6. The minimum Gasteiger partial charge on any atom is -0.493 e. The second kappa shape index (κ2) is 12.9. The van der Waals surface area contributed by atoms with Gasteiger partial charge in [-0.25, -0.2) is 0 Å². The summed E-state index contributed by atoms with van der Waals surface area (Å²) < 4.78 is 22.0. The third-order valence-corrected chi connectivity index (χ3v) is 4.76. The third kappa shape index (κ3) is 7.54. The zero-order valence-corrected chi connectivity index (χ0v) is 18.9. The predicted molar refractivity (Wildman–Crippen MR) is 119 cm³/mol. The largest absolute Gasteiger partial charge is 0.493 e. The predicted octanol–water partition coefficient (Wildman–Crippen LogP) is 1.79. The smallest absolute Gasteiger partial charge is 0.218 e. The van der Waals surface area contributed by atoms with Crippen LogP contribution in [0.25, 0.3) is 0 Å². The molecule has 1 atom stereocenters. The highest BCUT2D eigenvalue weighted by molar-refractivity contribution is 5.99. The van der Waals surface area contributed by atoms with Gasteiger partial charge in [0.2, 0.25) is 12.1 Å². The van der Waals surface area contributed by atoms with Crippen molar-refractivity contribution in [1.82, 2.24) is 0 Å². The van der Waals surface area contributed by atoms with Crippen LogP contribution >= 0.6 is 0 Å². The van der Waals surface area contributed by atoms with Gasteiger partial charge >= 0.3 is 0 Å². The molecule has 0 radical (unpaired) electrons. The fourth-order valence-corrected chi connectivity index (χ4v) is 3.00. The van der Waals surface area contributed by atoms with Crippen molar-refractivity contribution >= 4 is 11.6 Å². The minimum atomic E-state index is -2.09. The fraction of sp³-hybridized carbons (Fsp3) is 0.417. The third-order valence-electron chi connectivity index (χ3n) is 4.76. The molecular weight excluding hydrogens is 432 g/mol. The lowest BCUT2D eigenvalue weighted by Gasteiger charge is -2.14. The molecule has 3 N–H and O–H groups in total. The van der Waals surface area contributed by atoms with E-state index in [1.165, 1.54) is 32.2 Å². The van der Waals surface area contributed by atoms with Crippen molar-refractivity contribution in [2.45, 2.75) is 32.7 Å². The van der Waals surface area contributed by atoms with Gasteiger partial charge in [0.05, 0.1) is 20.3 Å². The summed E-state index contributed by atoms with van der Waals surface area (Å²) in [6, 6.07) is 9.37. The number of aliphatic hydroxyl groups is 3. The number of aryl methyl sites for hydroxylation is 1. The molecule has 0 aromatic heterocycles. The number of ether oxygens (including phenoxy) is 4. The lowest BCUT2D eigenvalue weighted by atomic mass is 10.0. The van der Waals surface area contributed by atoms with Gasteiger partial charge in [0.1, 0.15) is 25.1 Å². The molecule has 0 spiro atoms. The molecule has 0 fully saturated rings. The molecule has 2 aromatic rings. The lowest BCUT2D eigenvalue weighted by Crippen LogP contribution is -2.19. The van der Waals surface area contributed by atoms with Crippen molar-refractivity contribution in [2.75, 3.05) is 33.5 Å². The van der Waals surface area contributed by atoms with E-state index in [1.807, 2.05) is 6.92 Å². The van der Waals surface area contributed by atoms with Crippen molar-refractivity contribution in [1.29, 1.82) is 0 Å². The Balaban J connectivity index is 1.77. The Kier molecular flexibility index (Phi) is 10.3. The van der Waals surface area contributed by atoms with E-state index in [2.05, 4.69) is 0 Å². The molecule has 0 saturated heterocycles. The van der Waals surface area contributed by atoms with Crippen molar-refractivity contribution in [3.05, 3.63) is 53.1 Å². The van der Waals surface area contributed by atoms with Gasteiger partial charge in [-0.15, -0.1) is 0 Å². The molecule has 33 heavy (non-hydrogen) atoms. The topological polar surface area (TPSA) is 132 Å². The van der Waals surface area contributed by atoms with E-state index in [-0.39, 0.29) is 30.3 Å². The first-order valence-corrected chi connectivity index (χ1v) is 10.5. The van der Waals surface area contributed by atoms with Crippen LogP contribution in [0.15, 0.2) is 36.4 Å². The Labute approximate surface area is 192 Å². The normalized spacial score (nSPS) is 11.8. The van der Waals surface area contributed by atoms with Crippen molar-refractivity contribution in [3.63, 3.8) is 0 Å². The molecule has 0 heterocycles. The number of ketones is 2. The van der Waals surface area contributed by atoms with E-state index in [0.717, 1.165) is 5.56 Å². The molecule has 2 rings (SSSR count). The van der Waals surface area contributed by atoms with E-state index in [9.17, 15) is 14.7 Å². The van der Waals surface area contributed by atoms with Crippen LogP contribution < -0.4 is 14.2 Å². The van der Waals surface area contributed by atoms with E-state index < -0.39 is 18.2 Å². The van der Waals surface area contributed by atoms with E-state index in [4.69, 9.17) is 29.2 Å². The number of hydrogen-bond acceptors (Lipinski definition) is 9. The molecule has 180 valence electrons. The molecule has 1 unspecified atom stereocenters. The molecule has 9 heteroatoms. The first kappa shape index (κ1) is 26.3. The van der Waals surface area contributed by atoms with Crippen LogP contribution in [0, 0.1) is 0 Å². The number of Topliss-reactive ketones (excluding diaryl/α,β-unsaturated/α-hetero) is 2. The highest BCUT2D eigenvalue weighted by atomic mass is 16.6. The summed E-state index contributed by atoms with van der Waals surface area (Å²) in [5.41, 5.74) is 1.41. The summed E-state index contributed by atoms with van der Waals surface area (Å²) in [5, 5.41) is 27.4. The zero-order valence-electron chi connectivity index (χ0n) is 18.9. The number of hydrogen-bond donors (Lipinski definition) is 3. The summed E-state index contributed by atoms with van der Waals surface area (Å²) in [5.74, 6) is 0.170. The average molecular weight is 462 g/mol. The molecule has 0 aliphatic heterocycles. The van der Waals surface area contributed by atoms with Crippen LogP contribution in [-0.4, -0.2) is 72.8 Å². The van der Waals surface area contributed by atoms with Gasteiger partial charge in [0, 0.05) is 11.1 Å². The molecule has 9 nitrogen and oxygen atoms in total. The molecule has 0 aliphatic rings. The molecular formula is C24H30O9. The Morgan fingerprint density at radius 3 is 1.94 bits per heavy atom. The number of benzene rings is 2. The minimum absolute atomic E-state index is 0.0947. The standard InChI is InChI=1S/C24H30O9/c1-4-16-13-17(22(26)15(2)25)5-7-19(16)32-11-9-31-10-12-33-20-8-6-18(14-21(20)30-3)23(27)24(28)29/h5-8,13-15,24-25,28-29H,4,9-12H2,1-3H3. The maximum atomic E-state index is 11.9. The highest BCUT2D eigenvalue weighted by Crippen LogP contribution is 2.28. The summed E-state index contributed by atoms with van der Waals surface area (Å²) in [6.45, 7) is 4.52. The van der Waals surface area contributed by atoms with Crippen LogP contribution in [0.1, 0.15) is 40.1 Å². The zero-order chi connectivity index (χ0) is 24.4.